The molecule has 1 saturated carbocycles. The summed E-state index contributed by atoms with van der Waals surface area (Å²) >= 11 is 0. The Hall–Kier alpha value is -0.820. The Morgan fingerprint density at radius 1 is 1.18 bits per heavy atom. The van der Waals surface area contributed by atoms with Crippen LogP contribution in [-0.4, -0.2) is 11.7 Å². The largest absolute Gasteiger partial charge is 0.396 e. The fourth-order valence-corrected chi connectivity index (χ4v) is 3.00. The number of aliphatic hydroxyl groups is 1. The van der Waals surface area contributed by atoms with E-state index < -0.39 is 0 Å². The van der Waals surface area contributed by atoms with Gasteiger partial charge in [0.25, 0.3) is 0 Å². The monoisotopic (exact) mass is 232 g/mol. The van der Waals surface area contributed by atoms with Crippen LogP contribution in [0.2, 0.25) is 0 Å². The van der Waals surface area contributed by atoms with Gasteiger partial charge in [-0.15, -0.1) is 0 Å². The van der Waals surface area contributed by atoms with E-state index in [-0.39, 0.29) is 0 Å². The zero-order valence-corrected chi connectivity index (χ0v) is 10.9. The van der Waals surface area contributed by atoms with Gasteiger partial charge in [0.2, 0.25) is 0 Å². The van der Waals surface area contributed by atoms with Gasteiger partial charge in [0.05, 0.1) is 0 Å². The molecule has 0 saturated heterocycles. The molecule has 1 N–H and O–H groups in total. The summed E-state index contributed by atoms with van der Waals surface area (Å²) in [5, 5.41) is 9.50. The molecule has 1 fully saturated rings. The predicted molar refractivity (Wildman–Crippen MR) is 72.0 cm³/mol. The van der Waals surface area contributed by atoms with E-state index in [0.29, 0.717) is 12.5 Å². The summed E-state index contributed by atoms with van der Waals surface area (Å²) in [5.74, 6) is 1.33. The normalized spacial score (nSPS) is 18.5. The molecule has 1 atom stereocenters. The van der Waals surface area contributed by atoms with Crippen molar-refractivity contribution < 1.29 is 5.11 Å². The SMILES string of the molecule is Cc1ccc(CC(CO)CC2CCCC2)cc1. The summed E-state index contributed by atoms with van der Waals surface area (Å²) in [4.78, 5) is 0. The van der Waals surface area contributed by atoms with Crippen LogP contribution in [0.3, 0.4) is 0 Å². The van der Waals surface area contributed by atoms with Gasteiger partial charge in [0.1, 0.15) is 0 Å². The molecule has 0 amide bonds. The van der Waals surface area contributed by atoms with Gasteiger partial charge in [-0.05, 0) is 37.2 Å². The first kappa shape index (κ1) is 12.6. The van der Waals surface area contributed by atoms with Crippen LogP contribution in [0.25, 0.3) is 0 Å². The third-order valence-corrected chi connectivity index (χ3v) is 4.04. The van der Waals surface area contributed by atoms with Gasteiger partial charge < -0.3 is 5.11 Å². The lowest BCUT2D eigenvalue weighted by Gasteiger charge is -2.18. The van der Waals surface area contributed by atoms with Gasteiger partial charge >= 0.3 is 0 Å². The van der Waals surface area contributed by atoms with E-state index in [2.05, 4.69) is 31.2 Å². The van der Waals surface area contributed by atoms with Crippen molar-refractivity contribution in [3.63, 3.8) is 0 Å². The summed E-state index contributed by atoms with van der Waals surface area (Å²) in [6, 6.07) is 8.73. The van der Waals surface area contributed by atoms with Gasteiger partial charge in [-0.3, -0.25) is 0 Å². The van der Waals surface area contributed by atoms with Crippen molar-refractivity contribution in [3.05, 3.63) is 35.4 Å². The van der Waals surface area contributed by atoms with E-state index in [1.165, 1.54) is 43.2 Å². The number of benzene rings is 1. The highest BCUT2D eigenvalue weighted by Crippen LogP contribution is 2.31. The van der Waals surface area contributed by atoms with Crippen molar-refractivity contribution in [2.45, 2.75) is 45.4 Å². The maximum atomic E-state index is 9.50. The van der Waals surface area contributed by atoms with Crippen LogP contribution in [0, 0.1) is 18.8 Å². The van der Waals surface area contributed by atoms with Crippen LogP contribution < -0.4 is 0 Å². The fourth-order valence-electron chi connectivity index (χ4n) is 3.00. The quantitative estimate of drug-likeness (QED) is 0.820. The molecule has 94 valence electrons. The van der Waals surface area contributed by atoms with Gasteiger partial charge in [0, 0.05) is 6.61 Å². The van der Waals surface area contributed by atoms with Crippen LogP contribution in [0.5, 0.6) is 0 Å². The Morgan fingerprint density at radius 2 is 1.82 bits per heavy atom. The molecule has 0 bridgehead atoms. The standard InChI is InChI=1S/C16H24O/c1-13-6-8-15(9-7-13)11-16(12-17)10-14-4-2-3-5-14/h6-9,14,16-17H,2-5,10-12H2,1H3. The van der Waals surface area contributed by atoms with Crippen molar-refractivity contribution >= 4 is 0 Å². The number of aliphatic hydroxyl groups excluding tert-OH is 1. The zero-order chi connectivity index (χ0) is 12.1. The van der Waals surface area contributed by atoms with Gasteiger partial charge in [0.15, 0.2) is 0 Å². The second-order valence-electron chi connectivity index (χ2n) is 5.62. The second kappa shape index (κ2) is 6.20. The molecule has 1 aliphatic carbocycles. The van der Waals surface area contributed by atoms with Gasteiger partial charge in [-0.25, -0.2) is 0 Å². The minimum absolute atomic E-state index is 0.338. The van der Waals surface area contributed by atoms with Crippen LogP contribution in [-0.2, 0) is 6.42 Å². The Kier molecular flexibility index (Phi) is 4.61. The molecule has 1 nitrogen and oxygen atoms in total. The van der Waals surface area contributed by atoms with E-state index in [9.17, 15) is 5.11 Å². The Morgan fingerprint density at radius 3 is 2.41 bits per heavy atom. The summed E-state index contributed by atoms with van der Waals surface area (Å²) in [6.45, 7) is 2.45. The summed E-state index contributed by atoms with van der Waals surface area (Å²) < 4.78 is 0. The highest BCUT2D eigenvalue weighted by atomic mass is 16.3. The molecule has 0 radical (unpaired) electrons. The van der Waals surface area contributed by atoms with Crippen molar-refractivity contribution in [1.29, 1.82) is 0 Å². The Labute approximate surface area is 105 Å². The minimum Gasteiger partial charge on any atom is -0.396 e. The molecule has 1 heteroatoms. The molecular weight excluding hydrogens is 208 g/mol. The van der Waals surface area contributed by atoms with Crippen LogP contribution in [0.4, 0.5) is 0 Å². The highest BCUT2D eigenvalue weighted by Gasteiger charge is 2.19. The summed E-state index contributed by atoms with van der Waals surface area (Å²) in [7, 11) is 0. The molecule has 0 aromatic heterocycles. The molecular formula is C16H24O. The van der Waals surface area contributed by atoms with E-state index in [1.54, 1.807) is 0 Å². The predicted octanol–water partition coefficient (Wildman–Crippen LogP) is 3.73. The molecule has 0 spiro atoms. The van der Waals surface area contributed by atoms with Crippen LogP contribution in [0.15, 0.2) is 24.3 Å². The zero-order valence-electron chi connectivity index (χ0n) is 10.9. The molecule has 0 heterocycles. The van der Waals surface area contributed by atoms with E-state index in [4.69, 9.17) is 0 Å². The Balaban J connectivity index is 1.87. The number of aryl methyl sites for hydroxylation is 1. The first-order valence-electron chi connectivity index (χ1n) is 6.94. The number of rotatable bonds is 5. The second-order valence-corrected chi connectivity index (χ2v) is 5.62. The molecule has 17 heavy (non-hydrogen) atoms. The maximum absolute atomic E-state index is 9.50. The molecule has 1 aromatic rings. The third kappa shape index (κ3) is 3.85. The van der Waals surface area contributed by atoms with E-state index in [1.807, 2.05) is 0 Å². The Bertz CT molecular complexity index is 322. The lowest BCUT2D eigenvalue weighted by Crippen LogP contribution is -2.13. The highest BCUT2D eigenvalue weighted by molar-refractivity contribution is 5.21. The lowest BCUT2D eigenvalue weighted by molar-refractivity contribution is 0.200. The smallest absolute Gasteiger partial charge is 0.0462 e. The summed E-state index contributed by atoms with van der Waals surface area (Å²) in [5.41, 5.74) is 2.68. The first-order valence-corrected chi connectivity index (χ1v) is 6.94. The van der Waals surface area contributed by atoms with Crippen molar-refractivity contribution in [2.24, 2.45) is 11.8 Å². The fraction of sp³-hybridized carbons (Fsp3) is 0.625. The molecule has 1 unspecified atom stereocenters. The molecule has 2 rings (SSSR count). The minimum atomic E-state index is 0.338. The number of hydrogen-bond acceptors (Lipinski definition) is 1. The molecule has 1 aromatic carbocycles. The number of hydrogen-bond donors (Lipinski definition) is 1. The molecule has 0 aliphatic heterocycles. The average molecular weight is 232 g/mol. The van der Waals surface area contributed by atoms with Crippen LogP contribution >= 0.6 is 0 Å². The molecule has 1 aliphatic rings. The maximum Gasteiger partial charge on any atom is 0.0462 e. The van der Waals surface area contributed by atoms with E-state index in [0.717, 1.165) is 12.3 Å². The van der Waals surface area contributed by atoms with Crippen molar-refractivity contribution in [1.82, 2.24) is 0 Å². The first-order chi connectivity index (χ1) is 8.28. The van der Waals surface area contributed by atoms with Crippen LogP contribution in [0.1, 0.15) is 43.2 Å². The van der Waals surface area contributed by atoms with Gasteiger partial charge in [-0.1, -0.05) is 55.5 Å². The van der Waals surface area contributed by atoms with Gasteiger partial charge in [-0.2, -0.15) is 0 Å². The lowest BCUT2D eigenvalue weighted by atomic mass is 9.89. The van der Waals surface area contributed by atoms with Crippen molar-refractivity contribution in [2.75, 3.05) is 6.61 Å². The average Bonchev–Trinajstić information content (AvgIpc) is 2.84. The van der Waals surface area contributed by atoms with Crippen molar-refractivity contribution in [3.8, 4) is 0 Å². The summed E-state index contributed by atoms with van der Waals surface area (Å²) in [6.07, 6.45) is 7.80. The third-order valence-electron chi connectivity index (χ3n) is 4.04. The topological polar surface area (TPSA) is 20.2 Å². The van der Waals surface area contributed by atoms with E-state index >= 15 is 0 Å².